The lowest BCUT2D eigenvalue weighted by atomic mass is 10.1. The zero-order valence-electron chi connectivity index (χ0n) is 13.7. The molecule has 1 aliphatic rings. The SMILES string of the molecule is Cc1ccc(C(CNC(=O)/C=C/c2ccco2)N2CCOCC2)o1. The van der Waals surface area contributed by atoms with E-state index in [2.05, 4.69) is 10.2 Å². The van der Waals surface area contributed by atoms with Gasteiger partial charge >= 0.3 is 0 Å². The van der Waals surface area contributed by atoms with Crippen molar-refractivity contribution in [1.82, 2.24) is 10.2 Å². The summed E-state index contributed by atoms with van der Waals surface area (Å²) in [6, 6.07) is 7.50. The quantitative estimate of drug-likeness (QED) is 0.824. The van der Waals surface area contributed by atoms with Crippen molar-refractivity contribution in [3.63, 3.8) is 0 Å². The summed E-state index contributed by atoms with van der Waals surface area (Å²) in [4.78, 5) is 14.3. The number of amides is 1. The van der Waals surface area contributed by atoms with Crippen molar-refractivity contribution in [2.45, 2.75) is 13.0 Å². The summed E-state index contributed by atoms with van der Waals surface area (Å²) in [6.45, 7) is 5.44. The van der Waals surface area contributed by atoms with Gasteiger partial charge in [0, 0.05) is 25.7 Å². The van der Waals surface area contributed by atoms with E-state index in [9.17, 15) is 4.79 Å². The predicted octanol–water partition coefficient (Wildman–Crippen LogP) is 2.38. The third kappa shape index (κ3) is 4.37. The van der Waals surface area contributed by atoms with Gasteiger partial charge in [-0.05, 0) is 37.3 Å². The van der Waals surface area contributed by atoms with Crippen molar-refractivity contribution in [2.24, 2.45) is 0 Å². The number of aryl methyl sites for hydroxylation is 1. The number of nitrogens with zero attached hydrogens (tertiary/aromatic N) is 1. The Balaban J connectivity index is 1.62. The molecular weight excluding hydrogens is 308 g/mol. The van der Waals surface area contributed by atoms with Crippen LogP contribution in [0.25, 0.3) is 6.08 Å². The van der Waals surface area contributed by atoms with E-state index < -0.39 is 0 Å². The van der Waals surface area contributed by atoms with Crippen LogP contribution >= 0.6 is 0 Å². The Labute approximate surface area is 141 Å². The molecule has 2 aromatic heterocycles. The van der Waals surface area contributed by atoms with E-state index in [-0.39, 0.29) is 11.9 Å². The first-order valence-electron chi connectivity index (χ1n) is 8.10. The molecule has 1 saturated heterocycles. The fourth-order valence-electron chi connectivity index (χ4n) is 2.73. The fourth-order valence-corrected chi connectivity index (χ4v) is 2.73. The molecule has 0 radical (unpaired) electrons. The fraction of sp³-hybridized carbons (Fsp3) is 0.389. The lowest BCUT2D eigenvalue weighted by Crippen LogP contribution is -2.43. The molecule has 1 unspecified atom stereocenters. The third-order valence-corrected chi connectivity index (χ3v) is 3.99. The van der Waals surface area contributed by atoms with Crippen molar-refractivity contribution in [1.29, 1.82) is 0 Å². The second-order valence-corrected chi connectivity index (χ2v) is 5.71. The number of hydrogen-bond donors (Lipinski definition) is 1. The largest absolute Gasteiger partial charge is 0.465 e. The summed E-state index contributed by atoms with van der Waals surface area (Å²) >= 11 is 0. The van der Waals surface area contributed by atoms with E-state index in [1.54, 1.807) is 24.5 Å². The number of morpholine rings is 1. The minimum atomic E-state index is -0.159. The Kier molecular flexibility index (Phi) is 5.51. The van der Waals surface area contributed by atoms with Crippen LogP contribution in [-0.4, -0.2) is 43.7 Å². The predicted molar refractivity (Wildman–Crippen MR) is 89.3 cm³/mol. The Bertz CT molecular complexity index is 669. The van der Waals surface area contributed by atoms with Crippen LogP contribution in [0.4, 0.5) is 0 Å². The lowest BCUT2D eigenvalue weighted by molar-refractivity contribution is -0.116. The van der Waals surface area contributed by atoms with Gasteiger partial charge in [-0.1, -0.05) is 0 Å². The van der Waals surface area contributed by atoms with E-state index in [1.807, 2.05) is 19.1 Å². The van der Waals surface area contributed by atoms with Gasteiger partial charge < -0.3 is 18.9 Å². The maximum Gasteiger partial charge on any atom is 0.244 e. The van der Waals surface area contributed by atoms with Crippen LogP contribution in [0.1, 0.15) is 23.3 Å². The van der Waals surface area contributed by atoms with Crippen molar-refractivity contribution < 1.29 is 18.4 Å². The van der Waals surface area contributed by atoms with Gasteiger partial charge in [-0.2, -0.15) is 0 Å². The van der Waals surface area contributed by atoms with Gasteiger partial charge in [0.2, 0.25) is 5.91 Å². The monoisotopic (exact) mass is 330 g/mol. The molecule has 2 aromatic rings. The molecule has 24 heavy (non-hydrogen) atoms. The number of nitrogens with one attached hydrogen (secondary N) is 1. The molecule has 0 spiro atoms. The van der Waals surface area contributed by atoms with Crippen molar-refractivity contribution >= 4 is 12.0 Å². The topological polar surface area (TPSA) is 67.9 Å². The summed E-state index contributed by atoms with van der Waals surface area (Å²) < 4.78 is 16.4. The molecule has 128 valence electrons. The Morgan fingerprint density at radius 2 is 2.17 bits per heavy atom. The minimum Gasteiger partial charge on any atom is -0.465 e. The molecule has 3 heterocycles. The Hall–Kier alpha value is -2.31. The highest BCUT2D eigenvalue weighted by Gasteiger charge is 2.25. The highest BCUT2D eigenvalue weighted by atomic mass is 16.5. The number of carbonyl (C=O) groups excluding carboxylic acids is 1. The molecule has 1 amide bonds. The van der Waals surface area contributed by atoms with Crippen LogP contribution in [0, 0.1) is 6.92 Å². The normalized spacial score (nSPS) is 17.2. The molecule has 6 heteroatoms. The first-order valence-corrected chi connectivity index (χ1v) is 8.10. The van der Waals surface area contributed by atoms with E-state index in [4.69, 9.17) is 13.6 Å². The van der Waals surface area contributed by atoms with Crippen LogP contribution in [0.5, 0.6) is 0 Å². The first kappa shape index (κ1) is 16.5. The molecule has 1 fully saturated rings. The Morgan fingerprint density at radius 1 is 1.33 bits per heavy atom. The van der Waals surface area contributed by atoms with E-state index in [0.29, 0.717) is 25.5 Å². The highest BCUT2D eigenvalue weighted by Crippen LogP contribution is 2.23. The van der Waals surface area contributed by atoms with Gasteiger partial charge in [0.15, 0.2) is 0 Å². The average Bonchev–Trinajstić information content (AvgIpc) is 3.26. The molecule has 6 nitrogen and oxygen atoms in total. The van der Waals surface area contributed by atoms with Crippen LogP contribution in [-0.2, 0) is 9.53 Å². The van der Waals surface area contributed by atoms with E-state index in [1.165, 1.54) is 6.08 Å². The number of hydrogen-bond acceptors (Lipinski definition) is 5. The molecule has 0 saturated carbocycles. The van der Waals surface area contributed by atoms with E-state index >= 15 is 0 Å². The highest BCUT2D eigenvalue weighted by molar-refractivity contribution is 5.91. The van der Waals surface area contributed by atoms with Crippen molar-refractivity contribution in [3.8, 4) is 0 Å². The number of ether oxygens (including phenoxy) is 1. The number of rotatable bonds is 6. The second kappa shape index (κ2) is 7.99. The van der Waals surface area contributed by atoms with Crippen LogP contribution in [0.2, 0.25) is 0 Å². The standard InChI is InChI=1S/C18H22N2O4/c1-14-4-6-17(24-14)16(20-8-11-22-12-9-20)13-19-18(21)7-5-15-3-2-10-23-15/h2-7,10,16H,8-9,11-13H2,1H3,(H,19,21)/b7-5+. The average molecular weight is 330 g/mol. The minimum absolute atomic E-state index is 0.00330. The maximum atomic E-state index is 12.0. The van der Waals surface area contributed by atoms with Gasteiger partial charge in [0.1, 0.15) is 17.3 Å². The first-order chi connectivity index (χ1) is 11.7. The third-order valence-electron chi connectivity index (χ3n) is 3.99. The summed E-state index contributed by atoms with van der Waals surface area (Å²) in [5.74, 6) is 2.22. The van der Waals surface area contributed by atoms with Gasteiger partial charge in [-0.25, -0.2) is 0 Å². The molecule has 0 aromatic carbocycles. The summed E-state index contributed by atoms with van der Waals surface area (Å²) in [6.07, 6.45) is 4.70. The second-order valence-electron chi connectivity index (χ2n) is 5.71. The summed E-state index contributed by atoms with van der Waals surface area (Å²) in [5, 5.41) is 2.94. The molecule has 3 rings (SSSR count). The molecule has 0 aliphatic carbocycles. The van der Waals surface area contributed by atoms with Gasteiger partial charge in [0.25, 0.3) is 0 Å². The van der Waals surface area contributed by atoms with Gasteiger partial charge in [-0.15, -0.1) is 0 Å². The number of furan rings is 2. The lowest BCUT2D eigenvalue weighted by Gasteiger charge is -2.33. The van der Waals surface area contributed by atoms with Crippen LogP contribution in [0.3, 0.4) is 0 Å². The Morgan fingerprint density at radius 3 is 2.83 bits per heavy atom. The molecule has 0 bridgehead atoms. The van der Waals surface area contributed by atoms with E-state index in [0.717, 1.165) is 24.6 Å². The molecular formula is C18H22N2O4. The van der Waals surface area contributed by atoms with Gasteiger partial charge in [-0.3, -0.25) is 9.69 Å². The van der Waals surface area contributed by atoms with Gasteiger partial charge in [0.05, 0.1) is 25.5 Å². The maximum absolute atomic E-state index is 12.0. The summed E-state index contributed by atoms with van der Waals surface area (Å²) in [5.41, 5.74) is 0. The van der Waals surface area contributed by atoms with Crippen LogP contribution in [0.15, 0.2) is 45.4 Å². The smallest absolute Gasteiger partial charge is 0.244 e. The van der Waals surface area contributed by atoms with Crippen molar-refractivity contribution in [2.75, 3.05) is 32.8 Å². The van der Waals surface area contributed by atoms with Crippen LogP contribution < -0.4 is 5.32 Å². The molecule has 1 atom stereocenters. The molecule has 1 aliphatic heterocycles. The summed E-state index contributed by atoms with van der Waals surface area (Å²) in [7, 11) is 0. The number of carbonyl (C=O) groups is 1. The zero-order valence-corrected chi connectivity index (χ0v) is 13.7. The zero-order chi connectivity index (χ0) is 16.8. The molecule has 1 N–H and O–H groups in total. The van der Waals surface area contributed by atoms with Crippen molar-refractivity contribution in [3.05, 3.63) is 53.9 Å².